The van der Waals surface area contributed by atoms with Gasteiger partial charge in [-0.1, -0.05) is 34.1 Å². The van der Waals surface area contributed by atoms with Crippen molar-refractivity contribution < 1.29 is 9.59 Å². The molecule has 28 heavy (non-hydrogen) atoms. The zero-order valence-electron chi connectivity index (χ0n) is 16.3. The molecule has 3 aliphatic heterocycles. The predicted octanol–water partition coefficient (Wildman–Crippen LogP) is 1.71. The molecule has 1 atom stereocenters. The first kappa shape index (κ1) is 20.0. The summed E-state index contributed by atoms with van der Waals surface area (Å²) in [6.07, 6.45) is 2.28. The first-order valence-corrected chi connectivity index (χ1v) is 11.4. The summed E-state index contributed by atoms with van der Waals surface area (Å²) in [6.45, 7) is 8.29. The van der Waals surface area contributed by atoms with E-state index in [1.165, 1.54) is 29.7 Å². The first-order valence-electron chi connectivity index (χ1n) is 10.3. The number of alkyl halides is 1. The summed E-state index contributed by atoms with van der Waals surface area (Å²) in [5.74, 6) is -0.279. The smallest absolute Gasteiger partial charge is 0.243 e. The number of piperazine rings is 1. The van der Waals surface area contributed by atoms with Gasteiger partial charge in [-0.25, -0.2) is 0 Å². The molecule has 4 rings (SSSR count). The number of piperidine rings is 1. The largest absolute Gasteiger partial charge is 0.301 e. The molecule has 0 spiro atoms. The fourth-order valence-electron chi connectivity index (χ4n) is 4.61. The number of nitrogens with zero attached hydrogens (tertiary/aromatic N) is 3. The number of amides is 2. The highest BCUT2D eigenvalue weighted by molar-refractivity contribution is 9.09. The molecule has 2 saturated heterocycles. The van der Waals surface area contributed by atoms with Gasteiger partial charge >= 0.3 is 0 Å². The molecule has 1 aromatic rings. The SMILES string of the molecule is O=C1CCC(N2Cc3cccc(CN4CCN(CCCBr)CC4)c3C2)C(=O)N1. The summed E-state index contributed by atoms with van der Waals surface area (Å²) in [4.78, 5) is 31.0. The van der Waals surface area contributed by atoms with E-state index in [4.69, 9.17) is 0 Å². The number of carbonyl (C=O) groups excluding carboxylic acids is 2. The molecule has 0 aromatic heterocycles. The molecule has 2 fully saturated rings. The lowest BCUT2D eigenvalue weighted by molar-refractivity contribution is -0.137. The van der Waals surface area contributed by atoms with E-state index in [1.807, 2.05) is 0 Å². The number of carbonyl (C=O) groups is 2. The Morgan fingerprint density at radius 1 is 1.07 bits per heavy atom. The van der Waals surface area contributed by atoms with Crippen LogP contribution in [0.4, 0.5) is 0 Å². The lowest BCUT2D eigenvalue weighted by Crippen LogP contribution is -2.50. The third kappa shape index (κ3) is 4.48. The number of rotatable bonds is 6. The third-order valence-electron chi connectivity index (χ3n) is 6.22. The second-order valence-electron chi connectivity index (χ2n) is 8.09. The molecule has 0 saturated carbocycles. The number of halogens is 1. The van der Waals surface area contributed by atoms with Crippen LogP contribution in [-0.4, -0.2) is 70.6 Å². The van der Waals surface area contributed by atoms with Crippen LogP contribution >= 0.6 is 15.9 Å². The van der Waals surface area contributed by atoms with Crippen molar-refractivity contribution in [2.24, 2.45) is 0 Å². The van der Waals surface area contributed by atoms with Crippen molar-refractivity contribution >= 4 is 27.7 Å². The standard InChI is InChI=1S/C21H29BrN4O2/c22-7-2-8-24-9-11-25(12-10-24)13-16-3-1-4-17-14-26(15-18(16)17)19-5-6-20(27)23-21(19)28/h1,3-4,19H,2,5-15H2,(H,23,27,28). The number of benzene rings is 1. The fourth-order valence-corrected chi connectivity index (χ4v) is 4.86. The molecule has 6 nitrogen and oxygen atoms in total. The van der Waals surface area contributed by atoms with Gasteiger partial charge in [0.1, 0.15) is 0 Å². The first-order chi connectivity index (χ1) is 13.6. The Balaban J connectivity index is 1.37. The van der Waals surface area contributed by atoms with Crippen LogP contribution in [0, 0.1) is 0 Å². The monoisotopic (exact) mass is 448 g/mol. The highest BCUT2D eigenvalue weighted by Gasteiger charge is 2.35. The molecular weight excluding hydrogens is 420 g/mol. The summed E-state index contributed by atoms with van der Waals surface area (Å²) in [7, 11) is 0. The van der Waals surface area contributed by atoms with Crippen LogP contribution in [-0.2, 0) is 29.2 Å². The van der Waals surface area contributed by atoms with Crippen LogP contribution in [0.3, 0.4) is 0 Å². The van der Waals surface area contributed by atoms with Gasteiger partial charge < -0.3 is 4.90 Å². The average molecular weight is 449 g/mol. The number of hydrogen-bond donors (Lipinski definition) is 1. The Bertz CT molecular complexity index is 733. The second-order valence-corrected chi connectivity index (χ2v) is 8.88. The maximum absolute atomic E-state index is 12.3. The number of fused-ring (bicyclic) bond motifs is 1. The zero-order chi connectivity index (χ0) is 19.5. The van der Waals surface area contributed by atoms with Crippen LogP contribution in [0.2, 0.25) is 0 Å². The van der Waals surface area contributed by atoms with E-state index in [1.54, 1.807) is 0 Å². The van der Waals surface area contributed by atoms with Gasteiger partial charge in [-0.3, -0.25) is 24.7 Å². The lowest BCUT2D eigenvalue weighted by atomic mass is 10.0. The second kappa shape index (κ2) is 9.03. The minimum Gasteiger partial charge on any atom is -0.301 e. The quantitative estimate of drug-likeness (QED) is 0.530. The van der Waals surface area contributed by atoms with Crippen LogP contribution in [0.15, 0.2) is 18.2 Å². The van der Waals surface area contributed by atoms with E-state index >= 15 is 0 Å². The Hall–Kier alpha value is -1.28. The maximum atomic E-state index is 12.3. The Kier molecular flexibility index (Phi) is 6.45. The van der Waals surface area contributed by atoms with Gasteiger partial charge in [-0.2, -0.15) is 0 Å². The Morgan fingerprint density at radius 2 is 1.86 bits per heavy atom. The summed E-state index contributed by atoms with van der Waals surface area (Å²) in [5, 5.41) is 3.57. The van der Waals surface area contributed by atoms with Gasteiger partial charge in [0.25, 0.3) is 0 Å². The van der Waals surface area contributed by atoms with Crippen LogP contribution in [0.1, 0.15) is 36.0 Å². The molecule has 3 aliphatic rings. The van der Waals surface area contributed by atoms with Crippen molar-refractivity contribution in [3.05, 3.63) is 34.9 Å². The van der Waals surface area contributed by atoms with Crippen LogP contribution in [0.25, 0.3) is 0 Å². The normalized spacial score (nSPS) is 24.4. The van der Waals surface area contributed by atoms with Crippen molar-refractivity contribution in [1.82, 2.24) is 20.0 Å². The molecule has 0 aliphatic carbocycles. The van der Waals surface area contributed by atoms with Gasteiger partial charge in [-0.15, -0.1) is 0 Å². The minimum absolute atomic E-state index is 0.134. The van der Waals surface area contributed by atoms with Crippen molar-refractivity contribution in [2.45, 2.75) is 44.9 Å². The van der Waals surface area contributed by atoms with E-state index in [2.05, 4.69) is 54.1 Å². The molecule has 0 bridgehead atoms. The third-order valence-corrected chi connectivity index (χ3v) is 6.78. The van der Waals surface area contributed by atoms with Gasteiger partial charge in [0.05, 0.1) is 6.04 Å². The van der Waals surface area contributed by atoms with Gasteiger partial charge in [0.2, 0.25) is 11.8 Å². The highest BCUT2D eigenvalue weighted by atomic mass is 79.9. The molecule has 1 aromatic carbocycles. The minimum atomic E-state index is -0.184. The summed E-state index contributed by atoms with van der Waals surface area (Å²) in [6, 6.07) is 6.39. The van der Waals surface area contributed by atoms with Crippen molar-refractivity contribution in [2.75, 3.05) is 38.1 Å². The van der Waals surface area contributed by atoms with E-state index in [0.717, 1.165) is 51.1 Å². The zero-order valence-corrected chi connectivity index (χ0v) is 17.9. The Labute approximate surface area is 175 Å². The predicted molar refractivity (Wildman–Crippen MR) is 112 cm³/mol. The van der Waals surface area contributed by atoms with Gasteiger partial charge in [-0.05, 0) is 36.1 Å². The number of imide groups is 1. The van der Waals surface area contributed by atoms with E-state index in [0.29, 0.717) is 12.8 Å². The fraction of sp³-hybridized carbons (Fsp3) is 0.619. The molecule has 1 unspecified atom stereocenters. The van der Waals surface area contributed by atoms with Crippen molar-refractivity contribution in [3.8, 4) is 0 Å². The maximum Gasteiger partial charge on any atom is 0.243 e. The molecule has 1 N–H and O–H groups in total. The molecule has 2 amide bonds. The number of nitrogens with one attached hydrogen (secondary N) is 1. The topological polar surface area (TPSA) is 55.9 Å². The number of hydrogen-bond acceptors (Lipinski definition) is 5. The van der Waals surface area contributed by atoms with E-state index in [-0.39, 0.29) is 17.9 Å². The molecule has 7 heteroatoms. The van der Waals surface area contributed by atoms with Crippen molar-refractivity contribution in [3.63, 3.8) is 0 Å². The van der Waals surface area contributed by atoms with Gasteiger partial charge in [0, 0.05) is 57.6 Å². The van der Waals surface area contributed by atoms with Crippen molar-refractivity contribution in [1.29, 1.82) is 0 Å². The summed E-state index contributed by atoms with van der Waals surface area (Å²) >= 11 is 3.52. The average Bonchev–Trinajstić information content (AvgIpc) is 3.12. The molecular formula is C21H29BrN4O2. The van der Waals surface area contributed by atoms with Gasteiger partial charge in [0.15, 0.2) is 0 Å². The van der Waals surface area contributed by atoms with E-state index < -0.39 is 0 Å². The van der Waals surface area contributed by atoms with E-state index in [9.17, 15) is 9.59 Å². The summed E-state index contributed by atoms with van der Waals surface area (Å²) in [5.41, 5.74) is 4.10. The lowest BCUT2D eigenvalue weighted by Gasteiger charge is -2.35. The highest BCUT2D eigenvalue weighted by Crippen LogP contribution is 2.30. The summed E-state index contributed by atoms with van der Waals surface area (Å²) < 4.78 is 0. The molecule has 0 radical (unpaired) electrons. The van der Waals surface area contributed by atoms with Crippen LogP contribution in [0.5, 0.6) is 0 Å². The van der Waals surface area contributed by atoms with Crippen LogP contribution < -0.4 is 5.32 Å². The molecule has 3 heterocycles. The molecule has 152 valence electrons. The Morgan fingerprint density at radius 3 is 2.61 bits per heavy atom.